The number of piperidine rings is 1. The highest BCUT2D eigenvalue weighted by Crippen LogP contribution is 2.17. The van der Waals surface area contributed by atoms with Gasteiger partial charge in [-0.2, -0.15) is 0 Å². The molecular weight excluding hydrogens is 174 g/mol. The van der Waals surface area contributed by atoms with Gasteiger partial charge in [0.15, 0.2) is 0 Å². The van der Waals surface area contributed by atoms with E-state index in [-0.39, 0.29) is 5.92 Å². The highest BCUT2D eigenvalue weighted by atomic mass is 16.1. The van der Waals surface area contributed by atoms with Crippen molar-refractivity contribution < 1.29 is 4.79 Å². The molecule has 2 heteroatoms. The Balaban J connectivity index is 2.34. The first-order valence-corrected chi connectivity index (χ1v) is 5.95. The monoisotopic (exact) mass is 197 g/mol. The third-order valence-corrected chi connectivity index (χ3v) is 3.47. The van der Waals surface area contributed by atoms with Gasteiger partial charge >= 0.3 is 0 Å². The van der Waals surface area contributed by atoms with Gasteiger partial charge in [0.05, 0.1) is 0 Å². The molecule has 0 bridgehead atoms. The third-order valence-electron chi connectivity index (χ3n) is 3.47. The summed E-state index contributed by atoms with van der Waals surface area (Å²) in [6, 6.07) is 0. The number of carbonyl (C=O) groups is 1. The molecule has 0 aliphatic carbocycles. The van der Waals surface area contributed by atoms with Crippen LogP contribution in [0.1, 0.15) is 39.5 Å². The van der Waals surface area contributed by atoms with E-state index in [1.54, 1.807) is 0 Å². The zero-order valence-corrected chi connectivity index (χ0v) is 9.54. The van der Waals surface area contributed by atoms with Crippen LogP contribution in [0, 0.1) is 11.8 Å². The minimum atomic E-state index is 0.248. The Hall–Kier alpha value is -0.370. The van der Waals surface area contributed by atoms with Crippen molar-refractivity contribution in [2.75, 3.05) is 19.6 Å². The smallest absolute Gasteiger partial charge is 0.124 e. The normalized spacial score (nSPS) is 23.0. The Kier molecular flexibility index (Phi) is 5.16. The van der Waals surface area contributed by atoms with Crippen molar-refractivity contribution in [3.63, 3.8) is 0 Å². The summed E-state index contributed by atoms with van der Waals surface area (Å²) in [5.74, 6) is 0.785. The van der Waals surface area contributed by atoms with Crippen LogP contribution in [0.3, 0.4) is 0 Å². The SMILES string of the molecule is CCC(C)C(C=O)CN1CCCCC1. The summed E-state index contributed by atoms with van der Waals surface area (Å²) < 4.78 is 0. The second-order valence-corrected chi connectivity index (χ2v) is 4.55. The van der Waals surface area contributed by atoms with Crippen molar-refractivity contribution in [1.29, 1.82) is 0 Å². The van der Waals surface area contributed by atoms with Crippen LogP contribution < -0.4 is 0 Å². The van der Waals surface area contributed by atoms with Gasteiger partial charge < -0.3 is 9.69 Å². The second kappa shape index (κ2) is 6.18. The molecule has 1 rings (SSSR count). The maximum atomic E-state index is 11.0. The van der Waals surface area contributed by atoms with E-state index in [9.17, 15) is 4.79 Å². The van der Waals surface area contributed by atoms with E-state index in [4.69, 9.17) is 0 Å². The van der Waals surface area contributed by atoms with Crippen LogP contribution in [-0.4, -0.2) is 30.8 Å². The lowest BCUT2D eigenvalue weighted by Gasteiger charge is -2.30. The van der Waals surface area contributed by atoms with Crippen molar-refractivity contribution in [1.82, 2.24) is 4.90 Å². The number of likely N-dealkylation sites (tertiary alicyclic amines) is 1. The molecule has 0 aromatic carbocycles. The number of nitrogens with zero attached hydrogens (tertiary/aromatic N) is 1. The average Bonchev–Trinajstić information content (AvgIpc) is 2.26. The Bertz CT molecular complexity index is 164. The molecule has 2 nitrogen and oxygen atoms in total. The molecule has 1 heterocycles. The molecule has 0 N–H and O–H groups in total. The largest absolute Gasteiger partial charge is 0.303 e. The van der Waals surface area contributed by atoms with Gasteiger partial charge in [-0.3, -0.25) is 0 Å². The molecule has 0 amide bonds. The zero-order valence-electron chi connectivity index (χ0n) is 9.54. The van der Waals surface area contributed by atoms with Gasteiger partial charge in [-0.25, -0.2) is 0 Å². The molecule has 82 valence electrons. The fraction of sp³-hybridized carbons (Fsp3) is 0.917. The van der Waals surface area contributed by atoms with E-state index in [0.717, 1.165) is 19.3 Å². The summed E-state index contributed by atoms with van der Waals surface area (Å²) in [4.78, 5) is 13.4. The van der Waals surface area contributed by atoms with Crippen LogP contribution in [0.15, 0.2) is 0 Å². The topological polar surface area (TPSA) is 20.3 Å². The minimum absolute atomic E-state index is 0.248. The fourth-order valence-corrected chi connectivity index (χ4v) is 2.10. The van der Waals surface area contributed by atoms with Crippen LogP contribution in [-0.2, 0) is 4.79 Å². The number of rotatable bonds is 5. The molecule has 1 saturated heterocycles. The predicted molar refractivity (Wildman–Crippen MR) is 59.3 cm³/mol. The van der Waals surface area contributed by atoms with Crippen LogP contribution in [0.5, 0.6) is 0 Å². The van der Waals surface area contributed by atoms with Gasteiger partial charge in [-0.15, -0.1) is 0 Å². The summed E-state index contributed by atoms with van der Waals surface area (Å²) in [6.07, 6.45) is 6.25. The lowest BCUT2D eigenvalue weighted by atomic mass is 9.92. The van der Waals surface area contributed by atoms with Crippen molar-refractivity contribution in [3.05, 3.63) is 0 Å². The fourth-order valence-electron chi connectivity index (χ4n) is 2.10. The van der Waals surface area contributed by atoms with Gasteiger partial charge in [0.1, 0.15) is 6.29 Å². The molecule has 1 fully saturated rings. The predicted octanol–water partition coefficient (Wildman–Crippen LogP) is 2.33. The molecule has 2 atom stereocenters. The Morgan fingerprint density at radius 1 is 1.29 bits per heavy atom. The Morgan fingerprint density at radius 2 is 1.93 bits per heavy atom. The molecule has 14 heavy (non-hydrogen) atoms. The summed E-state index contributed by atoms with van der Waals surface area (Å²) in [5.41, 5.74) is 0. The molecule has 1 aliphatic rings. The standard InChI is InChI=1S/C12H23NO/c1-3-11(2)12(10-14)9-13-7-5-4-6-8-13/h10-12H,3-9H2,1-2H3. The molecule has 2 unspecified atom stereocenters. The molecule has 0 radical (unpaired) electrons. The van der Waals surface area contributed by atoms with E-state index in [1.807, 2.05) is 0 Å². The first kappa shape index (κ1) is 11.7. The molecular formula is C12H23NO. The first-order chi connectivity index (χ1) is 6.77. The van der Waals surface area contributed by atoms with Crippen molar-refractivity contribution >= 4 is 6.29 Å². The Labute approximate surface area is 87.7 Å². The minimum Gasteiger partial charge on any atom is -0.303 e. The summed E-state index contributed by atoms with van der Waals surface area (Å²) in [7, 11) is 0. The van der Waals surface area contributed by atoms with Crippen molar-refractivity contribution in [2.45, 2.75) is 39.5 Å². The quantitative estimate of drug-likeness (QED) is 0.630. The molecule has 0 saturated carbocycles. The maximum absolute atomic E-state index is 11.0. The number of hydrogen-bond donors (Lipinski definition) is 0. The van der Waals surface area contributed by atoms with Crippen LogP contribution in [0.2, 0.25) is 0 Å². The highest BCUT2D eigenvalue weighted by Gasteiger charge is 2.19. The third kappa shape index (κ3) is 3.41. The maximum Gasteiger partial charge on any atom is 0.124 e. The van der Waals surface area contributed by atoms with E-state index in [0.29, 0.717) is 5.92 Å². The van der Waals surface area contributed by atoms with E-state index >= 15 is 0 Å². The van der Waals surface area contributed by atoms with Crippen LogP contribution >= 0.6 is 0 Å². The van der Waals surface area contributed by atoms with Gasteiger partial charge in [0.2, 0.25) is 0 Å². The van der Waals surface area contributed by atoms with Crippen LogP contribution in [0.25, 0.3) is 0 Å². The number of carbonyl (C=O) groups excluding carboxylic acids is 1. The van der Waals surface area contributed by atoms with E-state index in [1.165, 1.54) is 32.4 Å². The van der Waals surface area contributed by atoms with Crippen molar-refractivity contribution in [3.8, 4) is 0 Å². The Morgan fingerprint density at radius 3 is 2.43 bits per heavy atom. The number of hydrogen-bond acceptors (Lipinski definition) is 2. The van der Waals surface area contributed by atoms with Crippen LogP contribution in [0.4, 0.5) is 0 Å². The summed E-state index contributed by atoms with van der Waals surface area (Å²) in [5, 5.41) is 0. The van der Waals surface area contributed by atoms with Gasteiger partial charge in [0.25, 0.3) is 0 Å². The van der Waals surface area contributed by atoms with Crippen molar-refractivity contribution in [2.24, 2.45) is 11.8 Å². The number of aldehydes is 1. The molecule has 0 spiro atoms. The lowest BCUT2D eigenvalue weighted by Crippen LogP contribution is -2.36. The van der Waals surface area contributed by atoms with Gasteiger partial charge in [-0.1, -0.05) is 26.7 Å². The zero-order chi connectivity index (χ0) is 10.4. The first-order valence-electron chi connectivity index (χ1n) is 5.95. The molecule has 0 aromatic rings. The summed E-state index contributed by atoms with van der Waals surface area (Å²) >= 11 is 0. The lowest BCUT2D eigenvalue weighted by molar-refractivity contribution is -0.113. The second-order valence-electron chi connectivity index (χ2n) is 4.55. The van der Waals surface area contributed by atoms with Gasteiger partial charge in [-0.05, 0) is 31.8 Å². The van der Waals surface area contributed by atoms with E-state index in [2.05, 4.69) is 18.7 Å². The van der Waals surface area contributed by atoms with Gasteiger partial charge in [0, 0.05) is 12.5 Å². The van der Waals surface area contributed by atoms with E-state index < -0.39 is 0 Å². The summed E-state index contributed by atoms with van der Waals surface area (Å²) in [6.45, 7) is 7.72. The molecule has 0 aromatic heterocycles. The molecule has 1 aliphatic heterocycles. The average molecular weight is 197 g/mol. The highest BCUT2D eigenvalue weighted by molar-refractivity contribution is 5.54.